The predicted octanol–water partition coefficient (Wildman–Crippen LogP) is 1.47. The molecule has 0 saturated carbocycles. The zero-order chi connectivity index (χ0) is 12.5. The molecular formula is C13H13N5. The van der Waals surface area contributed by atoms with Crippen LogP contribution in [0.4, 0.5) is 0 Å². The van der Waals surface area contributed by atoms with Gasteiger partial charge in [-0.15, -0.1) is 0 Å². The molecular weight excluding hydrogens is 226 g/mol. The van der Waals surface area contributed by atoms with Gasteiger partial charge >= 0.3 is 0 Å². The molecule has 0 unspecified atom stereocenters. The topological polar surface area (TPSA) is 72.1 Å². The second-order valence-electron chi connectivity index (χ2n) is 4.17. The number of rotatable bonds is 3. The van der Waals surface area contributed by atoms with Gasteiger partial charge in [-0.1, -0.05) is 24.3 Å². The Morgan fingerprint density at radius 2 is 1.94 bits per heavy atom. The standard InChI is InChI=1S/C13H13N5/c14-13(15)11-3-1-10(2-4-11)9-17-7-8-18-12(17)5-6-16-18/h1-8H,9H2,(H3,14,15). The number of nitrogen functional groups attached to an aromatic ring is 1. The van der Waals surface area contributed by atoms with Crippen LogP contribution in [0.3, 0.4) is 0 Å². The Balaban J connectivity index is 1.88. The first-order valence-electron chi connectivity index (χ1n) is 5.66. The van der Waals surface area contributed by atoms with Gasteiger partial charge in [0.15, 0.2) is 0 Å². The summed E-state index contributed by atoms with van der Waals surface area (Å²) in [6.07, 6.45) is 5.71. The Bertz CT molecular complexity index is 690. The van der Waals surface area contributed by atoms with Crippen LogP contribution in [-0.4, -0.2) is 20.0 Å². The molecule has 3 aromatic rings. The van der Waals surface area contributed by atoms with Crippen molar-refractivity contribution in [2.45, 2.75) is 6.54 Å². The summed E-state index contributed by atoms with van der Waals surface area (Å²) in [7, 11) is 0. The van der Waals surface area contributed by atoms with Crippen LogP contribution in [0, 0.1) is 5.41 Å². The van der Waals surface area contributed by atoms with Gasteiger partial charge in [-0.2, -0.15) is 5.10 Å². The summed E-state index contributed by atoms with van der Waals surface area (Å²) in [5.41, 5.74) is 8.40. The lowest BCUT2D eigenvalue weighted by Crippen LogP contribution is -2.10. The maximum absolute atomic E-state index is 7.35. The molecule has 0 fully saturated rings. The van der Waals surface area contributed by atoms with Crippen molar-refractivity contribution in [3.05, 3.63) is 60.0 Å². The lowest BCUT2D eigenvalue weighted by molar-refractivity contribution is 0.825. The van der Waals surface area contributed by atoms with Crippen molar-refractivity contribution in [3.63, 3.8) is 0 Å². The monoisotopic (exact) mass is 239 g/mol. The van der Waals surface area contributed by atoms with Crippen molar-refractivity contribution >= 4 is 11.5 Å². The van der Waals surface area contributed by atoms with Crippen LogP contribution >= 0.6 is 0 Å². The number of hydrogen-bond donors (Lipinski definition) is 2. The number of amidine groups is 1. The Morgan fingerprint density at radius 1 is 1.17 bits per heavy atom. The van der Waals surface area contributed by atoms with Gasteiger partial charge in [-0.25, -0.2) is 4.52 Å². The molecule has 0 spiro atoms. The highest BCUT2D eigenvalue weighted by molar-refractivity contribution is 5.94. The molecule has 18 heavy (non-hydrogen) atoms. The van der Waals surface area contributed by atoms with Gasteiger partial charge < -0.3 is 10.3 Å². The first-order valence-corrected chi connectivity index (χ1v) is 5.66. The fourth-order valence-electron chi connectivity index (χ4n) is 1.99. The van der Waals surface area contributed by atoms with Gasteiger partial charge in [0.25, 0.3) is 0 Å². The SMILES string of the molecule is N=C(N)c1ccc(Cn2ccn3nccc23)cc1. The molecule has 0 radical (unpaired) electrons. The molecule has 2 aromatic heterocycles. The zero-order valence-corrected chi connectivity index (χ0v) is 9.74. The lowest BCUT2D eigenvalue weighted by Gasteiger charge is -2.05. The zero-order valence-electron chi connectivity index (χ0n) is 9.74. The summed E-state index contributed by atoms with van der Waals surface area (Å²) in [4.78, 5) is 0. The molecule has 90 valence electrons. The first kappa shape index (κ1) is 10.6. The van der Waals surface area contributed by atoms with E-state index < -0.39 is 0 Å². The van der Waals surface area contributed by atoms with Gasteiger partial charge in [0, 0.05) is 30.6 Å². The van der Waals surface area contributed by atoms with Crippen LogP contribution in [0.5, 0.6) is 0 Å². The molecule has 5 nitrogen and oxygen atoms in total. The van der Waals surface area contributed by atoms with Gasteiger partial charge in [-0.05, 0) is 5.56 Å². The minimum atomic E-state index is 0.0979. The lowest BCUT2D eigenvalue weighted by atomic mass is 10.1. The summed E-state index contributed by atoms with van der Waals surface area (Å²) in [5.74, 6) is 0.0979. The molecule has 0 saturated heterocycles. The Morgan fingerprint density at radius 3 is 2.67 bits per heavy atom. The summed E-state index contributed by atoms with van der Waals surface area (Å²) >= 11 is 0. The summed E-state index contributed by atoms with van der Waals surface area (Å²) in [5, 5.41) is 11.5. The molecule has 0 aliphatic heterocycles. The quantitative estimate of drug-likeness (QED) is 0.536. The molecule has 1 aromatic carbocycles. The highest BCUT2D eigenvalue weighted by Gasteiger charge is 2.02. The van der Waals surface area contributed by atoms with E-state index >= 15 is 0 Å². The highest BCUT2D eigenvalue weighted by Crippen LogP contribution is 2.10. The minimum Gasteiger partial charge on any atom is -0.384 e. The second kappa shape index (κ2) is 4.03. The number of imidazole rings is 1. The summed E-state index contributed by atoms with van der Waals surface area (Å²) < 4.78 is 3.96. The van der Waals surface area contributed by atoms with Gasteiger partial charge in [-0.3, -0.25) is 5.41 Å². The maximum atomic E-state index is 7.35. The third-order valence-corrected chi connectivity index (χ3v) is 2.95. The number of fused-ring (bicyclic) bond motifs is 1. The fourth-order valence-corrected chi connectivity index (χ4v) is 1.99. The van der Waals surface area contributed by atoms with Crippen LogP contribution in [0.1, 0.15) is 11.1 Å². The van der Waals surface area contributed by atoms with Crippen molar-refractivity contribution < 1.29 is 0 Å². The second-order valence-corrected chi connectivity index (χ2v) is 4.17. The van der Waals surface area contributed by atoms with E-state index in [1.807, 2.05) is 47.2 Å². The predicted molar refractivity (Wildman–Crippen MR) is 69.7 cm³/mol. The molecule has 0 atom stereocenters. The number of aromatic nitrogens is 3. The molecule has 0 aliphatic rings. The number of benzene rings is 1. The fraction of sp³-hybridized carbons (Fsp3) is 0.0769. The van der Waals surface area contributed by atoms with Crippen LogP contribution < -0.4 is 5.73 Å². The van der Waals surface area contributed by atoms with Crippen LogP contribution in [0.2, 0.25) is 0 Å². The molecule has 0 bridgehead atoms. The molecule has 2 heterocycles. The Hall–Kier alpha value is -2.56. The molecule has 0 aliphatic carbocycles. The van der Waals surface area contributed by atoms with E-state index in [1.165, 1.54) is 5.56 Å². The molecule has 3 N–H and O–H groups in total. The van der Waals surface area contributed by atoms with E-state index in [9.17, 15) is 0 Å². The Kier molecular flexibility index (Phi) is 2.37. The van der Waals surface area contributed by atoms with Crippen LogP contribution in [0.25, 0.3) is 5.65 Å². The smallest absolute Gasteiger partial charge is 0.136 e. The van der Waals surface area contributed by atoms with E-state index in [0.717, 1.165) is 17.8 Å². The van der Waals surface area contributed by atoms with Gasteiger partial charge in [0.05, 0.1) is 6.20 Å². The maximum Gasteiger partial charge on any atom is 0.136 e. The highest BCUT2D eigenvalue weighted by atomic mass is 15.3. The van der Waals surface area contributed by atoms with E-state index in [4.69, 9.17) is 11.1 Å². The summed E-state index contributed by atoms with van der Waals surface area (Å²) in [6.45, 7) is 0.778. The van der Waals surface area contributed by atoms with E-state index in [0.29, 0.717) is 0 Å². The number of nitrogens with zero attached hydrogens (tertiary/aromatic N) is 3. The van der Waals surface area contributed by atoms with Crippen LogP contribution in [0.15, 0.2) is 48.9 Å². The van der Waals surface area contributed by atoms with Gasteiger partial charge in [0.1, 0.15) is 11.5 Å². The molecule has 5 heteroatoms. The average molecular weight is 239 g/mol. The van der Waals surface area contributed by atoms with E-state index in [-0.39, 0.29) is 5.84 Å². The van der Waals surface area contributed by atoms with E-state index in [1.54, 1.807) is 6.20 Å². The number of nitrogens with two attached hydrogens (primary N) is 1. The van der Waals surface area contributed by atoms with Crippen molar-refractivity contribution in [2.24, 2.45) is 5.73 Å². The third-order valence-electron chi connectivity index (χ3n) is 2.95. The number of hydrogen-bond acceptors (Lipinski definition) is 2. The minimum absolute atomic E-state index is 0.0979. The molecule has 3 rings (SSSR count). The molecule has 0 amide bonds. The Labute approximate surface area is 104 Å². The third kappa shape index (κ3) is 1.75. The first-order chi connectivity index (χ1) is 8.74. The van der Waals surface area contributed by atoms with Crippen molar-refractivity contribution in [1.82, 2.24) is 14.2 Å². The largest absolute Gasteiger partial charge is 0.384 e. The van der Waals surface area contributed by atoms with Crippen molar-refractivity contribution in [1.29, 1.82) is 5.41 Å². The van der Waals surface area contributed by atoms with Crippen molar-refractivity contribution in [3.8, 4) is 0 Å². The van der Waals surface area contributed by atoms with Gasteiger partial charge in [0.2, 0.25) is 0 Å². The van der Waals surface area contributed by atoms with Crippen molar-refractivity contribution in [2.75, 3.05) is 0 Å². The summed E-state index contributed by atoms with van der Waals surface area (Å²) in [6, 6.07) is 9.70. The number of nitrogens with one attached hydrogen (secondary N) is 1. The normalized spacial score (nSPS) is 10.9. The average Bonchev–Trinajstić information content (AvgIpc) is 2.95. The van der Waals surface area contributed by atoms with E-state index in [2.05, 4.69) is 9.67 Å². The van der Waals surface area contributed by atoms with Crippen LogP contribution in [-0.2, 0) is 6.54 Å².